The van der Waals surface area contributed by atoms with E-state index in [0.29, 0.717) is 12.6 Å². The van der Waals surface area contributed by atoms with Gasteiger partial charge in [-0.25, -0.2) is 0 Å². The van der Waals surface area contributed by atoms with Gasteiger partial charge in [0.1, 0.15) is 0 Å². The van der Waals surface area contributed by atoms with Crippen LogP contribution in [0.4, 0.5) is 0 Å². The first kappa shape index (κ1) is 15.3. The van der Waals surface area contributed by atoms with Crippen molar-refractivity contribution in [3.05, 3.63) is 60.2 Å². The van der Waals surface area contributed by atoms with Gasteiger partial charge in [-0.3, -0.25) is 0 Å². The highest BCUT2D eigenvalue weighted by Crippen LogP contribution is 2.19. The van der Waals surface area contributed by atoms with Gasteiger partial charge in [0.05, 0.1) is 6.61 Å². The molecule has 2 aromatic rings. The second-order valence-corrected chi connectivity index (χ2v) is 6.05. The number of piperidine rings is 1. The van der Waals surface area contributed by atoms with Gasteiger partial charge in [-0.1, -0.05) is 61.0 Å². The molecule has 0 spiro atoms. The van der Waals surface area contributed by atoms with Crippen LogP contribution < -0.4 is 5.32 Å². The monoisotopic (exact) mass is 295 g/mol. The Morgan fingerprint density at radius 1 is 0.909 bits per heavy atom. The number of hydrogen-bond acceptors (Lipinski definition) is 2. The Hall–Kier alpha value is -1.64. The van der Waals surface area contributed by atoms with Gasteiger partial charge < -0.3 is 10.1 Å². The second-order valence-electron chi connectivity index (χ2n) is 6.05. The van der Waals surface area contributed by atoms with Crippen molar-refractivity contribution in [3.63, 3.8) is 0 Å². The van der Waals surface area contributed by atoms with Crippen molar-refractivity contribution >= 4 is 0 Å². The largest absolute Gasteiger partial charge is 0.377 e. The number of benzene rings is 2. The molecule has 1 fully saturated rings. The first-order chi connectivity index (χ1) is 10.9. The lowest BCUT2D eigenvalue weighted by Crippen LogP contribution is -2.34. The van der Waals surface area contributed by atoms with Crippen LogP contribution in [0.2, 0.25) is 0 Å². The van der Waals surface area contributed by atoms with Gasteiger partial charge >= 0.3 is 0 Å². The molecule has 2 heteroatoms. The summed E-state index contributed by atoms with van der Waals surface area (Å²) in [4.78, 5) is 0. The second kappa shape index (κ2) is 8.11. The molecule has 2 aromatic carbocycles. The smallest absolute Gasteiger partial charge is 0.0716 e. The summed E-state index contributed by atoms with van der Waals surface area (Å²) in [5, 5.41) is 3.56. The van der Waals surface area contributed by atoms with Gasteiger partial charge in [0.2, 0.25) is 0 Å². The van der Waals surface area contributed by atoms with Crippen molar-refractivity contribution in [1.82, 2.24) is 5.32 Å². The summed E-state index contributed by atoms with van der Waals surface area (Å²) in [7, 11) is 0. The van der Waals surface area contributed by atoms with Crippen molar-refractivity contribution in [2.45, 2.75) is 38.3 Å². The predicted octanol–water partition coefficient (Wildman–Crippen LogP) is 4.40. The van der Waals surface area contributed by atoms with Gasteiger partial charge in [0, 0.05) is 12.6 Å². The average molecular weight is 295 g/mol. The van der Waals surface area contributed by atoms with Crippen LogP contribution in [0.1, 0.15) is 31.2 Å². The van der Waals surface area contributed by atoms with Gasteiger partial charge in [0.15, 0.2) is 0 Å². The topological polar surface area (TPSA) is 21.3 Å². The standard InChI is InChI=1S/C20H25NO/c1-2-6-18(7-3-1)19-11-9-17(10-12-19)16-22-15-13-20-8-4-5-14-21-20/h1-3,6-7,9-12,20-21H,4-5,8,13-16H2/t20-/m1/s1. The Morgan fingerprint density at radius 3 is 2.41 bits per heavy atom. The summed E-state index contributed by atoms with van der Waals surface area (Å²) in [6.45, 7) is 2.73. The van der Waals surface area contributed by atoms with Gasteiger partial charge in [-0.2, -0.15) is 0 Å². The van der Waals surface area contributed by atoms with Crippen LogP contribution in [-0.2, 0) is 11.3 Å². The number of ether oxygens (including phenoxy) is 1. The van der Waals surface area contributed by atoms with E-state index in [9.17, 15) is 0 Å². The van der Waals surface area contributed by atoms with E-state index < -0.39 is 0 Å². The van der Waals surface area contributed by atoms with E-state index in [1.165, 1.54) is 42.5 Å². The first-order valence-corrected chi connectivity index (χ1v) is 8.37. The summed E-state index contributed by atoms with van der Waals surface area (Å²) in [5.41, 5.74) is 3.77. The zero-order valence-electron chi connectivity index (χ0n) is 13.1. The molecule has 1 atom stereocenters. The molecule has 3 rings (SSSR count). The molecule has 1 N–H and O–H groups in total. The van der Waals surface area contributed by atoms with Crippen molar-refractivity contribution in [3.8, 4) is 11.1 Å². The quantitative estimate of drug-likeness (QED) is 0.797. The average Bonchev–Trinajstić information content (AvgIpc) is 2.61. The van der Waals surface area contributed by atoms with E-state index in [-0.39, 0.29) is 0 Å². The van der Waals surface area contributed by atoms with Gasteiger partial charge in [-0.05, 0) is 42.5 Å². The molecule has 0 saturated carbocycles. The van der Waals surface area contributed by atoms with Gasteiger partial charge in [0.25, 0.3) is 0 Å². The third-order valence-corrected chi connectivity index (χ3v) is 4.35. The summed E-state index contributed by atoms with van der Waals surface area (Å²) >= 11 is 0. The molecular weight excluding hydrogens is 270 g/mol. The highest BCUT2D eigenvalue weighted by molar-refractivity contribution is 5.63. The van der Waals surface area contributed by atoms with Crippen LogP contribution in [0.25, 0.3) is 11.1 Å². The minimum atomic E-state index is 0.661. The Bertz CT molecular complexity index is 544. The molecule has 1 heterocycles. The Morgan fingerprint density at radius 2 is 1.68 bits per heavy atom. The Labute approximate surface area is 133 Å². The lowest BCUT2D eigenvalue weighted by Gasteiger charge is -2.23. The Balaban J connectivity index is 1.43. The lowest BCUT2D eigenvalue weighted by molar-refractivity contribution is 0.108. The maximum absolute atomic E-state index is 5.83. The fraction of sp³-hybridized carbons (Fsp3) is 0.400. The molecule has 1 saturated heterocycles. The summed E-state index contributed by atoms with van der Waals surface area (Å²) < 4.78 is 5.83. The maximum Gasteiger partial charge on any atom is 0.0716 e. The summed E-state index contributed by atoms with van der Waals surface area (Å²) in [6, 6.07) is 19.8. The minimum absolute atomic E-state index is 0.661. The molecule has 1 aliphatic rings. The lowest BCUT2D eigenvalue weighted by atomic mass is 10.0. The predicted molar refractivity (Wildman–Crippen MR) is 91.8 cm³/mol. The molecule has 0 radical (unpaired) electrons. The van der Waals surface area contributed by atoms with E-state index in [0.717, 1.165) is 13.0 Å². The molecule has 0 aliphatic carbocycles. The number of hydrogen-bond donors (Lipinski definition) is 1. The summed E-state index contributed by atoms with van der Waals surface area (Å²) in [6.07, 6.45) is 5.11. The highest BCUT2D eigenvalue weighted by Gasteiger charge is 2.11. The fourth-order valence-electron chi connectivity index (χ4n) is 3.01. The number of rotatable bonds is 6. The molecule has 116 valence electrons. The van der Waals surface area contributed by atoms with Gasteiger partial charge in [-0.15, -0.1) is 0 Å². The molecule has 0 unspecified atom stereocenters. The fourth-order valence-corrected chi connectivity index (χ4v) is 3.01. The minimum Gasteiger partial charge on any atom is -0.377 e. The van der Waals surface area contributed by atoms with Crippen LogP contribution in [0.5, 0.6) is 0 Å². The van der Waals surface area contributed by atoms with Crippen molar-refractivity contribution in [2.24, 2.45) is 0 Å². The van der Waals surface area contributed by atoms with E-state index in [2.05, 4.69) is 53.8 Å². The van der Waals surface area contributed by atoms with Crippen LogP contribution in [0.15, 0.2) is 54.6 Å². The van der Waals surface area contributed by atoms with E-state index in [4.69, 9.17) is 4.74 Å². The molecular formula is C20H25NO. The molecule has 22 heavy (non-hydrogen) atoms. The first-order valence-electron chi connectivity index (χ1n) is 8.37. The molecule has 0 bridgehead atoms. The zero-order valence-corrected chi connectivity index (χ0v) is 13.1. The third kappa shape index (κ3) is 4.43. The van der Waals surface area contributed by atoms with E-state index in [1.54, 1.807) is 0 Å². The van der Waals surface area contributed by atoms with Crippen LogP contribution >= 0.6 is 0 Å². The van der Waals surface area contributed by atoms with E-state index in [1.807, 2.05) is 6.07 Å². The zero-order chi connectivity index (χ0) is 15.0. The van der Waals surface area contributed by atoms with Crippen LogP contribution in [0, 0.1) is 0 Å². The van der Waals surface area contributed by atoms with Crippen molar-refractivity contribution in [1.29, 1.82) is 0 Å². The maximum atomic E-state index is 5.83. The Kier molecular flexibility index (Phi) is 5.63. The molecule has 0 aromatic heterocycles. The van der Waals surface area contributed by atoms with Crippen molar-refractivity contribution in [2.75, 3.05) is 13.2 Å². The van der Waals surface area contributed by atoms with Crippen LogP contribution in [0.3, 0.4) is 0 Å². The highest BCUT2D eigenvalue weighted by atomic mass is 16.5. The molecule has 2 nitrogen and oxygen atoms in total. The van der Waals surface area contributed by atoms with E-state index >= 15 is 0 Å². The molecule has 0 amide bonds. The number of nitrogens with one attached hydrogen (secondary N) is 1. The SMILES string of the molecule is c1ccc(-c2ccc(COCC[C@H]3CCCCN3)cc2)cc1. The third-order valence-electron chi connectivity index (χ3n) is 4.35. The normalized spacial score (nSPS) is 18.3. The van der Waals surface area contributed by atoms with Crippen molar-refractivity contribution < 1.29 is 4.74 Å². The molecule has 1 aliphatic heterocycles. The van der Waals surface area contributed by atoms with Crippen LogP contribution in [-0.4, -0.2) is 19.2 Å². The summed E-state index contributed by atoms with van der Waals surface area (Å²) in [5.74, 6) is 0.